The van der Waals surface area contributed by atoms with Crippen molar-refractivity contribution < 1.29 is 4.39 Å². The van der Waals surface area contributed by atoms with E-state index >= 15 is 0 Å². The molecule has 1 N–H and O–H groups in total. The first-order valence-corrected chi connectivity index (χ1v) is 4.11. The molecule has 0 aliphatic carbocycles. The normalized spacial score (nSPS) is 12.6. The second-order valence-corrected chi connectivity index (χ2v) is 3.27. The minimum absolute atomic E-state index is 0.0388. The second-order valence-electron chi connectivity index (χ2n) is 2.52. The zero-order chi connectivity index (χ0) is 8.97. The van der Waals surface area contributed by atoms with Crippen LogP contribution in [0.2, 0.25) is 0 Å². The molecule has 1 heterocycles. The molecule has 4 heteroatoms. The molecular formula is C8H10ClFN2. The third kappa shape index (κ3) is 3.05. The van der Waals surface area contributed by atoms with Gasteiger partial charge in [0.15, 0.2) is 0 Å². The molecule has 0 radical (unpaired) electrons. The predicted octanol–water partition coefficient (Wildman–Crippen LogP) is 2.26. The molecule has 1 unspecified atom stereocenters. The highest BCUT2D eigenvalue weighted by Gasteiger charge is 1.97. The molecule has 1 aromatic heterocycles. The van der Waals surface area contributed by atoms with Crippen LogP contribution < -0.4 is 5.32 Å². The van der Waals surface area contributed by atoms with Crippen molar-refractivity contribution in [3.05, 3.63) is 24.1 Å². The first-order chi connectivity index (χ1) is 5.68. The number of hydrogen-bond donors (Lipinski definition) is 1. The fraction of sp³-hybridized carbons (Fsp3) is 0.375. The lowest BCUT2D eigenvalue weighted by Gasteiger charge is -2.05. The van der Waals surface area contributed by atoms with Crippen LogP contribution in [0.4, 0.5) is 10.2 Å². The number of halogens is 2. The second kappa shape index (κ2) is 4.26. The summed E-state index contributed by atoms with van der Waals surface area (Å²) in [7, 11) is 0. The van der Waals surface area contributed by atoms with Crippen LogP contribution in [0.5, 0.6) is 0 Å². The summed E-state index contributed by atoms with van der Waals surface area (Å²) >= 11 is 5.69. The topological polar surface area (TPSA) is 24.9 Å². The van der Waals surface area contributed by atoms with Crippen molar-refractivity contribution in [1.82, 2.24) is 4.98 Å². The maximum atomic E-state index is 12.4. The highest BCUT2D eigenvalue weighted by atomic mass is 35.5. The van der Waals surface area contributed by atoms with Gasteiger partial charge in [0, 0.05) is 11.9 Å². The van der Waals surface area contributed by atoms with Crippen LogP contribution in [0.1, 0.15) is 6.92 Å². The Kier molecular flexibility index (Phi) is 3.29. The van der Waals surface area contributed by atoms with Crippen LogP contribution in [0, 0.1) is 5.82 Å². The number of pyridine rings is 1. The van der Waals surface area contributed by atoms with Gasteiger partial charge >= 0.3 is 0 Å². The fourth-order valence-corrected chi connectivity index (χ4v) is 0.803. The average molecular weight is 189 g/mol. The lowest BCUT2D eigenvalue weighted by molar-refractivity contribution is 0.621. The predicted molar refractivity (Wildman–Crippen MR) is 48.0 cm³/mol. The standard InChI is InChI=1S/C8H10ClFN2/c1-6(9)4-11-8-3-2-7(10)5-12-8/h2-3,5-6H,4H2,1H3,(H,11,12). The van der Waals surface area contributed by atoms with E-state index in [0.717, 1.165) is 0 Å². The average Bonchev–Trinajstić information content (AvgIpc) is 2.03. The number of anilines is 1. The summed E-state index contributed by atoms with van der Waals surface area (Å²) < 4.78 is 12.4. The lowest BCUT2D eigenvalue weighted by Crippen LogP contribution is -2.11. The molecule has 0 saturated carbocycles. The maximum Gasteiger partial charge on any atom is 0.141 e. The molecule has 0 aromatic carbocycles. The zero-order valence-electron chi connectivity index (χ0n) is 6.72. The summed E-state index contributed by atoms with van der Waals surface area (Å²) in [6, 6.07) is 2.93. The number of hydrogen-bond acceptors (Lipinski definition) is 2. The number of nitrogens with zero attached hydrogens (tertiary/aromatic N) is 1. The van der Waals surface area contributed by atoms with E-state index in [1.165, 1.54) is 12.3 Å². The largest absolute Gasteiger partial charge is 0.369 e. The Morgan fingerprint density at radius 3 is 2.92 bits per heavy atom. The molecule has 0 amide bonds. The third-order valence-corrected chi connectivity index (χ3v) is 1.45. The Bertz CT molecular complexity index is 235. The third-order valence-electron chi connectivity index (χ3n) is 1.29. The highest BCUT2D eigenvalue weighted by Crippen LogP contribution is 2.04. The number of alkyl halides is 1. The van der Waals surface area contributed by atoms with Gasteiger partial charge in [-0.15, -0.1) is 11.6 Å². The molecule has 0 bridgehead atoms. The van der Waals surface area contributed by atoms with E-state index in [1.54, 1.807) is 6.07 Å². The molecule has 66 valence electrons. The summed E-state index contributed by atoms with van der Waals surface area (Å²) in [6.07, 6.45) is 1.17. The Morgan fingerprint density at radius 2 is 2.42 bits per heavy atom. The van der Waals surface area contributed by atoms with Crippen LogP contribution in [-0.2, 0) is 0 Å². The van der Waals surface area contributed by atoms with Crippen molar-refractivity contribution >= 4 is 17.4 Å². The molecule has 0 aliphatic rings. The first-order valence-electron chi connectivity index (χ1n) is 3.68. The van der Waals surface area contributed by atoms with Gasteiger partial charge < -0.3 is 5.32 Å². The Labute approximate surface area is 75.8 Å². The molecule has 1 atom stereocenters. The summed E-state index contributed by atoms with van der Waals surface area (Å²) in [4.78, 5) is 3.81. The van der Waals surface area contributed by atoms with E-state index in [1.807, 2.05) is 6.92 Å². The van der Waals surface area contributed by atoms with Gasteiger partial charge in [-0.3, -0.25) is 0 Å². The van der Waals surface area contributed by atoms with E-state index in [4.69, 9.17) is 11.6 Å². The summed E-state index contributed by atoms with van der Waals surface area (Å²) in [5.41, 5.74) is 0. The molecule has 12 heavy (non-hydrogen) atoms. The van der Waals surface area contributed by atoms with Crippen molar-refractivity contribution in [2.45, 2.75) is 12.3 Å². The Morgan fingerprint density at radius 1 is 1.67 bits per heavy atom. The van der Waals surface area contributed by atoms with E-state index in [-0.39, 0.29) is 11.2 Å². The number of nitrogens with one attached hydrogen (secondary N) is 1. The van der Waals surface area contributed by atoms with Gasteiger partial charge in [-0.05, 0) is 19.1 Å². The SMILES string of the molecule is CC(Cl)CNc1ccc(F)cn1. The minimum Gasteiger partial charge on any atom is -0.369 e. The molecule has 2 nitrogen and oxygen atoms in total. The zero-order valence-corrected chi connectivity index (χ0v) is 7.48. The van der Waals surface area contributed by atoms with Crippen molar-refractivity contribution in [3.63, 3.8) is 0 Å². The smallest absolute Gasteiger partial charge is 0.141 e. The van der Waals surface area contributed by atoms with Crippen LogP contribution in [-0.4, -0.2) is 16.9 Å². The minimum atomic E-state index is -0.334. The molecule has 0 saturated heterocycles. The Hall–Kier alpha value is -0.830. The van der Waals surface area contributed by atoms with Crippen molar-refractivity contribution in [2.24, 2.45) is 0 Å². The molecule has 0 spiro atoms. The van der Waals surface area contributed by atoms with E-state index in [9.17, 15) is 4.39 Å². The van der Waals surface area contributed by atoms with Crippen molar-refractivity contribution in [2.75, 3.05) is 11.9 Å². The van der Waals surface area contributed by atoms with Crippen molar-refractivity contribution in [1.29, 1.82) is 0 Å². The molecular weight excluding hydrogens is 179 g/mol. The van der Waals surface area contributed by atoms with Gasteiger partial charge in [0.05, 0.1) is 6.20 Å². The van der Waals surface area contributed by atoms with E-state index in [0.29, 0.717) is 12.4 Å². The number of aromatic nitrogens is 1. The summed E-state index contributed by atoms with van der Waals surface area (Å²) in [6.45, 7) is 2.50. The van der Waals surface area contributed by atoms with Gasteiger partial charge in [0.25, 0.3) is 0 Å². The molecule has 1 aromatic rings. The quantitative estimate of drug-likeness (QED) is 0.737. The monoisotopic (exact) mass is 188 g/mol. The lowest BCUT2D eigenvalue weighted by atomic mass is 10.4. The van der Waals surface area contributed by atoms with Crippen LogP contribution in [0.15, 0.2) is 18.3 Å². The molecule has 1 rings (SSSR count). The van der Waals surface area contributed by atoms with Crippen LogP contribution >= 0.6 is 11.6 Å². The molecule has 0 aliphatic heterocycles. The van der Waals surface area contributed by atoms with Crippen molar-refractivity contribution in [3.8, 4) is 0 Å². The van der Waals surface area contributed by atoms with Crippen LogP contribution in [0.25, 0.3) is 0 Å². The summed E-state index contributed by atoms with van der Waals surface area (Å²) in [5, 5.41) is 3.00. The first kappa shape index (κ1) is 9.26. The van der Waals surface area contributed by atoms with Gasteiger partial charge in [0.1, 0.15) is 11.6 Å². The Balaban J connectivity index is 2.48. The number of rotatable bonds is 3. The van der Waals surface area contributed by atoms with E-state index in [2.05, 4.69) is 10.3 Å². The van der Waals surface area contributed by atoms with Gasteiger partial charge in [-0.1, -0.05) is 0 Å². The van der Waals surface area contributed by atoms with Crippen LogP contribution in [0.3, 0.4) is 0 Å². The van der Waals surface area contributed by atoms with Gasteiger partial charge in [0.2, 0.25) is 0 Å². The van der Waals surface area contributed by atoms with E-state index < -0.39 is 0 Å². The summed E-state index contributed by atoms with van der Waals surface area (Å²) in [5.74, 6) is 0.309. The van der Waals surface area contributed by atoms with Gasteiger partial charge in [-0.2, -0.15) is 0 Å². The fourth-order valence-electron chi connectivity index (χ4n) is 0.726. The highest BCUT2D eigenvalue weighted by molar-refractivity contribution is 6.20. The maximum absolute atomic E-state index is 12.4. The van der Waals surface area contributed by atoms with Gasteiger partial charge in [-0.25, -0.2) is 9.37 Å². The molecule has 0 fully saturated rings.